The van der Waals surface area contributed by atoms with E-state index in [2.05, 4.69) is 76.7 Å². The van der Waals surface area contributed by atoms with E-state index in [4.69, 9.17) is 5.11 Å². The topological polar surface area (TPSA) is 81.8 Å². The van der Waals surface area contributed by atoms with Gasteiger partial charge in [0.25, 0.3) is 0 Å². The highest BCUT2D eigenvalue weighted by Crippen LogP contribution is 2.36. The number of hydrogen-bond acceptors (Lipinski definition) is 2. The molecule has 0 saturated carbocycles. The molecule has 0 fully saturated rings. The first-order valence-electron chi connectivity index (χ1n) is 10.9. The average molecular weight is 434 g/mol. The van der Waals surface area contributed by atoms with Gasteiger partial charge in [-0.15, -0.1) is 0 Å². The first-order chi connectivity index (χ1) is 16.1. The lowest BCUT2D eigenvalue weighted by Gasteiger charge is -2.17. The summed E-state index contributed by atoms with van der Waals surface area (Å²) in [5.74, 6) is -0.957. The van der Waals surface area contributed by atoms with Crippen molar-refractivity contribution in [2.45, 2.75) is 13.3 Å². The Kier molecular flexibility index (Phi) is 5.37. The Bertz CT molecular complexity index is 1520. The fraction of sp³-hybridized carbons (Fsp3) is 0.0714. The highest BCUT2D eigenvalue weighted by Gasteiger charge is 2.15. The maximum Gasteiger partial charge on any atom is 0.328 e. The number of carbonyl (C=O) groups is 1. The highest BCUT2D eigenvalue weighted by molar-refractivity contribution is 6.01. The number of carboxylic acid groups (broad SMARTS) is 1. The second-order valence-corrected chi connectivity index (χ2v) is 7.95. The SMILES string of the molecule is CC/C(=C(/c1ccc(/C=C/C(=O)O)cc1)c1ccc2[nH]ncc2c1)c1ccc2cc[nH]c2c1. The molecule has 0 aliphatic heterocycles. The Morgan fingerprint density at radius 3 is 2.48 bits per heavy atom. The summed E-state index contributed by atoms with van der Waals surface area (Å²) >= 11 is 0. The van der Waals surface area contributed by atoms with Gasteiger partial charge in [-0.1, -0.05) is 49.4 Å². The molecule has 0 radical (unpaired) electrons. The number of rotatable bonds is 6. The zero-order valence-corrected chi connectivity index (χ0v) is 18.2. The zero-order valence-electron chi connectivity index (χ0n) is 18.2. The summed E-state index contributed by atoms with van der Waals surface area (Å²) in [5.41, 5.74) is 8.70. The van der Waals surface area contributed by atoms with Gasteiger partial charge in [-0.3, -0.25) is 5.10 Å². The van der Waals surface area contributed by atoms with E-state index in [-0.39, 0.29) is 0 Å². The van der Waals surface area contributed by atoms with Crippen LogP contribution >= 0.6 is 0 Å². The number of carboxylic acids is 1. The van der Waals surface area contributed by atoms with Gasteiger partial charge in [0, 0.05) is 23.2 Å². The Morgan fingerprint density at radius 2 is 1.70 bits per heavy atom. The summed E-state index contributed by atoms with van der Waals surface area (Å²) in [6, 6.07) is 23.0. The lowest BCUT2D eigenvalue weighted by Crippen LogP contribution is -1.95. The number of aliphatic carboxylic acids is 1. The largest absolute Gasteiger partial charge is 0.478 e. The first kappa shape index (κ1) is 20.5. The number of hydrogen-bond donors (Lipinski definition) is 3. The fourth-order valence-electron chi connectivity index (χ4n) is 4.30. The summed E-state index contributed by atoms with van der Waals surface area (Å²) in [7, 11) is 0. The van der Waals surface area contributed by atoms with Gasteiger partial charge >= 0.3 is 5.97 Å². The summed E-state index contributed by atoms with van der Waals surface area (Å²) < 4.78 is 0. The van der Waals surface area contributed by atoms with E-state index in [1.165, 1.54) is 16.5 Å². The van der Waals surface area contributed by atoms with Gasteiger partial charge < -0.3 is 10.1 Å². The zero-order chi connectivity index (χ0) is 22.8. The van der Waals surface area contributed by atoms with Crippen LogP contribution in [-0.4, -0.2) is 26.3 Å². The number of fused-ring (bicyclic) bond motifs is 2. The van der Waals surface area contributed by atoms with Crippen LogP contribution < -0.4 is 0 Å². The van der Waals surface area contributed by atoms with E-state index in [1.807, 2.05) is 24.5 Å². The molecule has 3 aromatic carbocycles. The third kappa shape index (κ3) is 4.08. The third-order valence-electron chi connectivity index (χ3n) is 5.91. The molecule has 0 spiro atoms. The van der Waals surface area contributed by atoms with Crippen LogP contribution in [-0.2, 0) is 4.79 Å². The predicted molar refractivity (Wildman–Crippen MR) is 134 cm³/mol. The maximum atomic E-state index is 10.9. The monoisotopic (exact) mass is 433 g/mol. The quantitative estimate of drug-likeness (QED) is 0.211. The second kappa shape index (κ2) is 8.63. The molecule has 5 heteroatoms. The number of nitrogens with one attached hydrogen (secondary N) is 2. The predicted octanol–water partition coefficient (Wildman–Crippen LogP) is 6.51. The molecule has 3 N–H and O–H groups in total. The number of nitrogens with zero attached hydrogens (tertiary/aromatic N) is 1. The molecule has 5 aromatic rings. The van der Waals surface area contributed by atoms with Crippen molar-refractivity contribution < 1.29 is 9.90 Å². The summed E-state index contributed by atoms with van der Waals surface area (Å²) in [6.07, 6.45) is 7.41. The van der Waals surface area contributed by atoms with E-state index >= 15 is 0 Å². The molecular weight excluding hydrogens is 410 g/mol. The molecular formula is C28H23N3O2. The average Bonchev–Trinajstić information content (AvgIpc) is 3.50. The van der Waals surface area contributed by atoms with Crippen molar-refractivity contribution in [3.05, 3.63) is 107 Å². The van der Waals surface area contributed by atoms with E-state index in [0.29, 0.717) is 0 Å². The molecule has 0 saturated heterocycles. The van der Waals surface area contributed by atoms with Crippen LogP contribution in [0.1, 0.15) is 35.6 Å². The highest BCUT2D eigenvalue weighted by atomic mass is 16.4. The van der Waals surface area contributed by atoms with Crippen LogP contribution in [0.5, 0.6) is 0 Å². The van der Waals surface area contributed by atoms with Gasteiger partial charge in [0.05, 0.1) is 11.7 Å². The van der Waals surface area contributed by atoms with E-state index in [9.17, 15) is 4.79 Å². The number of H-pyrrole nitrogens is 2. The number of benzene rings is 3. The lowest BCUT2D eigenvalue weighted by molar-refractivity contribution is -0.131. The van der Waals surface area contributed by atoms with Crippen molar-refractivity contribution in [3.63, 3.8) is 0 Å². The molecule has 0 bridgehead atoms. The standard InChI is InChI=1S/C28H23N3O2/c1-2-24(21-9-8-19-13-14-29-26(19)16-21)28(22-10-11-25-23(15-22)17-30-31-25)20-6-3-18(4-7-20)5-12-27(32)33/h3-17,29H,2H2,1H3,(H,30,31)(H,32,33)/b12-5+,28-24+. The minimum atomic E-state index is -0.957. The first-order valence-corrected chi connectivity index (χ1v) is 10.9. The summed E-state index contributed by atoms with van der Waals surface area (Å²) in [4.78, 5) is 14.2. The van der Waals surface area contributed by atoms with Gasteiger partial charge in [-0.05, 0) is 75.5 Å². The molecule has 2 aromatic heterocycles. The Labute approximate surface area is 191 Å². The molecule has 0 aliphatic carbocycles. The normalized spacial score (nSPS) is 12.5. The minimum absolute atomic E-state index is 0.844. The molecule has 0 unspecified atom stereocenters. The van der Waals surface area contributed by atoms with Gasteiger partial charge in [0.1, 0.15) is 0 Å². The fourth-order valence-corrected chi connectivity index (χ4v) is 4.30. The van der Waals surface area contributed by atoms with Gasteiger partial charge in [-0.2, -0.15) is 5.10 Å². The second-order valence-electron chi connectivity index (χ2n) is 7.95. The van der Waals surface area contributed by atoms with Crippen molar-refractivity contribution in [3.8, 4) is 0 Å². The Balaban J connectivity index is 1.71. The molecule has 2 heterocycles. The van der Waals surface area contributed by atoms with Crippen molar-refractivity contribution in [2.75, 3.05) is 0 Å². The molecule has 33 heavy (non-hydrogen) atoms. The smallest absolute Gasteiger partial charge is 0.328 e. The maximum absolute atomic E-state index is 10.9. The lowest BCUT2D eigenvalue weighted by atomic mass is 9.87. The number of aromatic nitrogens is 3. The molecule has 0 atom stereocenters. The van der Waals surface area contributed by atoms with Crippen molar-refractivity contribution in [2.24, 2.45) is 0 Å². The van der Waals surface area contributed by atoms with Crippen LogP contribution in [0.4, 0.5) is 0 Å². The van der Waals surface area contributed by atoms with Crippen LogP contribution in [0.3, 0.4) is 0 Å². The number of allylic oxidation sites excluding steroid dienone is 1. The van der Waals surface area contributed by atoms with Crippen LogP contribution in [0.2, 0.25) is 0 Å². The van der Waals surface area contributed by atoms with E-state index in [1.54, 1.807) is 6.08 Å². The molecule has 0 aliphatic rings. The molecule has 5 nitrogen and oxygen atoms in total. The van der Waals surface area contributed by atoms with Crippen LogP contribution in [0.15, 0.2) is 85.2 Å². The van der Waals surface area contributed by atoms with Crippen molar-refractivity contribution in [1.29, 1.82) is 0 Å². The Hall–Kier alpha value is -4.38. The minimum Gasteiger partial charge on any atom is -0.478 e. The third-order valence-corrected chi connectivity index (χ3v) is 5.91. The van der Waals surface area contributed by atoms with E-state index < -0.39 is 5.97 Å². The summed E-state index contributed by atoms with van der Waals surface area (Å²) in [5, 5.41) is 18.4. The van der Waals surface area contributed by atoms with Gasteiger partial charge in [0.15, 0.2) is 0 Å². The van der Waals surface area contributed by atoms with Crippen molar-refractivity contribution in [1.82, 2.24) is 15.2 Å². The number of aromatic amines is 2. The van der Waals surface area contributed by atoms with Crippen LogP contribution in [0, 0.1) is 0 Å². The Morgan fingerprint density at radius 1 is 0.909 bits per heavy atom. The molecule has 5 rings (SSSR count). The van der Waals surface area contributed by atoms with E-state index in [0.717, 1.165) is 51.2 Å². The van der Waals surface area contributed by atoms with Crippen molar-refractivity contribution >= 4 is 45.0 Å². The van der Waals surface area contributed by atoms with Gasteiger partial charge in [0.2, 0.25) is 0 Å². The molecule has 0 amide bonds. The van der Waals surface area contributed by atoms with Gasteiger partial charge in [-0.25, -0.2) is 4.79 Å². The summed E-state index contributed by atoms with van der Waals surface area (Å²) in [6.45, 7) is 2.18. The molecule has 162 valence electrons. The van der Waals surface area contributed by atoms with Crippen LogP contribution in [0.25, 0.3) is 39.0 Å².